The van der Waals surface area contributed by atoms with Crippen LogP contribution in [0.1, 0.15) is 16.8 Å². The van der Waals surface area contributed by atoms with Crippen molar-refractivity contribution < 1.29 is 5.11 Å². The van der Waals surface area contributed by atoms with E-state index in [9.17, 15) is 0 Å². The van der Waals surface area contributed by atoms with Gasteiger partial charge in [-0.1, -0.05) is 29.3 Å². The van der Waals surface area contributed by atoms with Crippen LogP contribution in [0.2, 0.25) is 4.34 Å². The largest absolute Gasteiger partial charge is 0.396 e. The fourth-order valence-electron chi connectivity index (χ4n) is 1.67. The number of aliphatic hydroxyl groups is 1. The first-order valence-electron chi connectivity index (χ1n) is 5.45. The predicted molar refractivity (Wildman–Crippen MR) is 72.8 cm³/mol. The SMILES string of the molecule is Cc1ccc(C)c(-c2nc(CCO)c(Cl)s2)c1. The topological polar surface area (TPSA) is 33.1 Å². The van der Waals surface area contributed by atoms with E-state index in [0.717, 1.165) is 16.3 Å². The smallest absolute Gasteiger partial charge is 0.125 e. The number of nitrogens with zero attached hydrogens (tertiary/aromatic N) is 1. The zero-order chi connectivity index (χ0) is 12.4. The monoisotopic (exact) mass is 267 g/mol. The summed E-state index contributed by atoms with van der Waals surface area (Å²) in [6, 6.07) is 6.29. The third-order valence-electron chi connectivity index (χ3n) is 2.62. The van der Waals surface area contributed by atoms with Crippen molar-refractivity contribution in [3.8, 4) is 10.6 Å². The summed E-state index contributed by atoms with van der Waals surface area (Å²) in [4.78, 5) is 4.50. The highest BCUT2D eigenvalue weighted by Crippen LogP contribution is 2.33. The van der Waals surface area contributed by atoms with Gasteiger partial charge in [-0.05, 0) is 25.5 Å². The van der Waals surface area contributed by atoms with Crippen LogP contribution in [-0.2, 0) is 6.42 Å². The summed E-state index contributed by atoms with van der Waals surface area (Å²) in [5.41, 5.74) is 4.31. The molecule has 0 amide bonds. The molecule has 2 aromatic rings. The van der Waals surface area contributed by atoms with Crippen LogP contribution in [0.5, 0.6) is 0 Å². The van der Waals surface area contributed by atoms with Crippen molar-refractivity contribution in [2.24, 2.45) is 0 Å². The number of halogens is 1. The minimum absolute atomic E-state index is 0.0791. The minimum Gasteiger partial charge on any atom is -0.396 e. The third kappa shape index (κ3) is 2.68. The molecule has 4 heteroatoms. The number of hydrogen-bond donors (Lipinski definition) is 1. The van der Waals surface area contributed by atoms with E-state index in [0.29, 0.717) is 10.8 Å². The molecule has 0 unspecified atom stereocenters. The molecule has 1 aromatic carbocycles. The van der Waals surface area contributed by atoms with Crippen LogP contribution in [-0.4, -0.2) is 16.7 Å². The molecular formula is C13H14ClNOS. The maximum absolute atomic E-state index is 8.93. The van der Waals surface area contributed by atoms with E-state index in [4.69, 9.17) is 16.7 Å². The Labute approximate surface area is 110 Å². The molecular weight excluding hydrogens is 254 g/mol. The van der Waals surface area contributed by atoms with Gasteiger partial charge in [0.25, 0.3) is 0 Å². The van der Waals surface area contributed by atoms with E-state index in [-0.39, 0.29) is 6.61 Å². The quantitative estimate of drug-likeness (QED) is 0.922. The summed E-state index contributed by atoms with van der Waals surface area (Å²) in [5, 5.41) is 9.86. The Bertz CT molecular complexity index is 536. The minimum atomic E-state index is 0.0791. The molecule has 1 heterocycles. The van der Waals surface area contributed by atoms with Crippen molar-refractivity contribution in [3.05, 3.63) is 39.4 Å². The van der Waals surface area contributed by atoms with Gasteiger partial charge < -0.3 is 5.11 Å². The molecule has 0 atom stereocenters. The second-order valence-electron chi connectivity index (χ2n) is 4.03. The Morgan fingerprint density at radius 2 is 2.12 bits per heavy atom. The Morgan fingerprint density at radius 1 is 1.35 bits per heavy atom. The van der Waals surface area contributed by atoms with Gasteiger partial charge in [0.15, 0.2) is 0 Å². The number of aryl methyl sites for hydroxylation is 2. The first-order chi connectivity index (χ1) is 8.11. The van der Waals surface area contributed by atoms with Crippen LogP contribution < -0.4 is 0 Å². The van der Waals surface area contributed by atoms with Gasteiger partial charge in [-0.25, -0.2) is 4.98 Å². The molecule has 0 bridgehead atoms. The molecule has 1 N–H and O–H groups in total. The summed E-state index contributed by atoms with van der Waals surface area (Å²) in [6.45, 7) is 4.21. The van der Waals surface area contributed by atoms with Crippen LogP contribution in [0.15, 0.2) is 18.2 Å². The lowest BCUT2D eigenvalue weighted by molar-refractivity contribution is 0.298. The maximum atomic E-state index is 8.93. The van der Waals surface area contributed by atoms with Crippen molar-refractivity contribution >= 4 is 22.9 Å². The van der Waals surface area contributed by atoms with Crippen LogP contribution in [0.4, 0.5) is 0 Å². The highest BCUT2D eigenvalue weighted by molar-refractivity contribution is 7.19. The molecule has 0 radical (unpaired) electrons. The fourth-order valence-corrected chi connectivity index (χ4v) is 2.95. The number of rotatable bonds is 3. The third-order valence-corrected chi connectivity index (χ3v) is 3.99. The highest BCUT2D eigenvalue weighted by Gasteiger charge is 2.12. The number of aromatic nitrogens is 1. The Hall–Kier alpha value is -0.900. The van der Waals surface area contributed by atoms with Crippen molar-refractivity contribution in [1.29, 1.82) is 0 Å². The van der Waals surface area contributed by atoms with Gasteiger partial charge in [0, 0.05) is 18.6 Å². The first kappa shape index (κ1) is 12.6. The number of aliphatic hydroxyl groups excluding tert-OH is 1. The van der Waals surface area contributed by atoms with Crippen LogP contribution >= 0.6 is 22.9 Å². The first-order valence-corrected chi connectivity index (χ1v) is 6.65. The van der Waals surface area contributed by atoms with Gasteiger partial charge in [0.2, 0.25) is 0 Å². The molecule has 1 aromatic heterocycles. The van der Waals surface area contributed by atoms with Crippen LogP contribution in [0.25, 0.3) is 10.6 Å². The van der Waals surface area contributed by atoms with Crippen molar-refractivity contribution in [1.82, 2.24) is 4.98 Å². The van der Waals surface area contributed by atoms with Gasteiger partial charge in [-0.2, -0.15) is 0 Å². The predicted octanol–water partition coefficient (Wildman–Crippen LogP) is 3.62. The molecule has 0 spiro atoms. The second-order valence-corrected chi connectivity index (χ2v) is 5.63. The summed E-state index contributed by atoms with van der Waals surface area (Å²) in [7, 11) is 0. The molecule has 0 aliphatic carbocycles. The lowest BCUT2D eigenvalue weighted by Gasteiger charge is -2.03. The molecule has 90 valence electrons. The second kappa shape index (κ2) is 5.17. The average molecular weight is 268 g/mol. The summed E-state index contributed by atoms with van der Waals surface area (Å²) in [5.74, 6) is 0. The van der Waals surface area contributed by atoms with Gasteiger partial charge in [0.1, 0.15) is 9.34 Å². The van der Waals surface area contributed by atoms with Crippen molar-refractivity contribution in [3.63, 3.8) is 0 Å². The molecule has 0 fully saturated rings. The molecule has 2 rings (SSSR count). The van der Waals surface area contributed by atoms with Crippen molar-refractivity contribution in [2.75, 3.05) is 6.61 Å². The molecule has 0 aliphatic heterocycles. The number of thiazole rings is 1. The number of benzene rings is 1. The molecule has 0 saturated carbocycles. The number of hydrogen-bond acceptors (Lipinski definition) is 3. The highest BCUT2D eigenvalue weighted by atomic mass is 35.5. The van der Waals surface area contributed by atoms with Gasteiger partial charge in [0.05, 0.1) is 5.69 Å². The van der Waals surface area contributed by atoms with E-state index >= 15 is 0 Å². The molecule has 17 heavy (non-hydrogen) atoms. The van der Waals surface area contributed by atoms with Gasteiger partial charge in [-0.15, -0.1) is 11.3 Å². The summed E-state index contributed by atoms with van der Waals surface area (Å²) in [6.07, 6.45) is 0.514. The van der Waals surface area contributed by atoms with E-state index in [1.807, 2.05) is 0 Å². The summed E-state index contributed by atoms with van der Waals surface area (Å²) >= 11 is 7.58. The zero-order valence-electron chi connectivity index (χ0n) is 9.83. The zero-order valence-corrected chi connectivity index (χ0v) is 11.4. The molecule has 0 saturated heterocycles. The fraction of sp³-hybridized carbons (Fsp3) is 0.308. The van der Waals surface area contributed by atoms with E-state index < -0.39 is 0 Å². The van der Waals surface area contributed by atoms with E-state index in [2.05, 4.69) is 37.0 Å². The Kier molecular flexibility index (Phi) is 3.82. The molecule has 0 aliphatic rings. The summed E-state index contributed by atoms with van der Waals surface area (Å²) < 4.78 is 0.676. The Morgan fingerprint density at radius 3 is 2.82 bits per heavy atom. The standard InChI is InChI=1S/C13H14ClNOS/c1-8-3-4-9(2)10(7-8)13-15-11(5-6-16)12(14)17-13/h3-4,7,16H,5-6H2,1-2H3. The lowest BCUT2D eigenvalue weighted by Crippen LogP contribution is -1.91. The van der Waals surface area contributed by atoms with E-state index in [1.165, 1.54) is 22.5 Å². The Balaban J connectivity index is 2.45. The molecule has 2 nitrogen and oxygen atoms in total. The van der Waals surface area contributed by atoms with Gasteiger partial charge in [-0.3, -0.25) is 0 Å². The van der Waals surface area contributed by atoms with Crippen molar-refractivity contribution in [2.45, 2.75) is 20.3 Å². The van der Waals surface area contributed by atoms with Crippen LogP contribution in [0.3, 0.4) is 0 Å². The van der Waals surface area contributed by atoms with E-state index in [1.54, 1.807) is 0 Å². The normalized spacial score (nSPS) is 10.8. The maximum Gasteiger partial charge on any atom is 0.125 e. The van der Waals surface area contributed by atoms with Gasteiger partial charge >= 0.3 is 0 Å². The average Bonchev–Trinajstić information content (AvgIpc) is 2.64. The van der Waals surface area contributed by atoms with Crippen LogP contribution in [0, 0.1) is 13.8 Å². The lowest BCUT2D eigenvalue weighted by atomic mass is 10.1.